The highest BCUT2D eigenvalue weighted by atomic mass is 16.6. The second-order valence-corrected chi connectivity index (χ2v) is 33.5. The summed E-state index contributed by atoms with van der Waals surface area (Å²) in [5.74, 6) is -0.0415. The van der Waals surface area contributed by atoms with Crippen LogP contribution in [0, 0.1) is 284 Å². The number of ketones is 3. The van der Waals surface area contributed by atoms with Crippen molar-refractivity contribution in [2.75, 3.05) is 85.3 Å². The van der Waals surface area contributed by atoms with E-state index in [1.165, 1.54) is 23.6 Å². The molecule has 42 nitrogen and oxygen atoms in total. The smallest absolute Gasteiger partial charge is 0.414 e. The SMILES string of the molecule is CC(=C(C#N)C#N)/C(C#N)=C(\C)N1CCC(=O)C1.CC(=C(C#N)C#N)/C(C#N)=C(\C)N1CCC(C=O)C1.CC(=C(C#N)C#N)/C(C#N)=C(\C)N1CCCC1=O.CC(=C(C#N)C#N)/C(C#N)=C(\C)N1CCCC1C=O.CC(=C(C#N)C#N)/C(C#N)=C(\C)N1CCOC1=O.CC(=C(C#N)C#N)/C(C#N)=C(\C)N1COC(=O)C1.CC(=O)C1CCCN1/C(C)=C(\C#N)C(C)=C(C#N)C#N.CC(=O)C1CCN(/C(C)=C(\C#N)C(C)=C(C#N)C#N)C1. The van der Waals surface area contributed by atoms with Crippen molar-refractivity contribution in [3.63, 3.8) is 0 Å². The molecule has 0 bridgehead atoms. The summed E-state index contributed by atoms with van der Waals surface area (Å²) in [6.45, 7) is 35.6. The fourth-order valence-corrected chi connectivity index (χ4v) is 16.0. The second-order valence-electron chi connectivity index (χ2n) is 33.5. The molecule has 0 spiro atoms. The Labute approximate surface area is 873 Å². The molecule has 0 aromatic rings. The van der Waals surface area contributed by atoms with Gasteiger partial charge in [-0.15, -0.1) is 0 Å². The minimum atomic E-state index is -0.525. The quantitative estimate of drug-likeness (QED) is 0.0473. The molecule has 0 saturated carbocycles. The van der Waals surface area contributed by atoms with Gasteiger partial charge in [0.2, 0.25) is 5.91 Å². The van der Waals surface area contributed by atoms with Gasteiger partial charge in [-0.25, -0.2) is 4.79 Å². The van der Waals surface area contributed by atoms with Crippen LogP contribution in [0.2, 0.25) is 0 Å². The summed E-state index contributed by atoms with van der Waals surface area (Å²) in [6, 6.07) is 43.9. The van der Waals surface area contributed by atoms with E-state index < -0.39 is 6.09 Å². The lowest BCUT2D eigenvalue weighted by Crippen LogP contribution is -2.34. The van der Waals surface area contributed by atoms with Crippen molar-refractivity contribution in [3.05, 3.63) is 179 Å². The van der Waals surface area contributed by atoms with Gasteiger partial charge in [-0.1, -0.05) is 0 Å². The number of allylic oxidation sites excluding steroid dienone is 32. The highest BCUT2D eigenvalue weighted by Crippen LogP contribution is 2.34. The third-order valence-electron chi connectivity index (χ3n) is 25.1. The van der Waals surface area contributed by atoms with E-state index in [9.17, 15) is 59.4 Å². The first kappa shape index (κ1) is 127. The third kappa shape index (κ3) is 34.1. The fourth-order valence-electron chi connectivity index (χ4n) is 16.0. The van der Waals surface area contributed by atoms with Crippen LogP contribution in [0.15, 0.2) is 179 Å². The first-order valence-electron chi connectivity index (χ1n) is 45.7. The Morgan fingerprint density at radius 1 is 0.287 bits per heavy atom. The Morgan fingerprint density at radius 2 is 0.607 bits per heavy atom. The van der Waals surface area contributed by atoms with Crippen LogP contribution in [0.25, 0.3) is 0 Å². The molecule has 2 amide bonds. The Bertz CT molecular complexity index is 6800. The summed E-state index contributed by atoms with van der Waals surface area (Å²) >= 11 is 0. The molecule has 4 atom stereocenters. The lowest BCUT2D eigenvalue weighted by molar-refractivity contribution is -0.137. The number of Topliss-reactive ketones (excluding diaryl/α,β-unsaturated/α-hetero) is 3. The van der Waals surface area contributed by atoms with Crippen molar-refractivity contribution < 1.29 is 47.8 Å². The van der Waals surface area contributed by atoms with Crippen molar-refractivity contribution in [1.29, 1.82) is 126 Å². The molecule has 42 heteroatoms. The van der Waals surface area contributed by atoms with Crippen LogP contribution < -0.4 is 0 Å². The number of esters is 1. The second kappa shape index (κ2) is 64.4. The van der Waals surface area contributed by atoms with Crippen molar-refractivity contribution in [2.24, 2.45) is 11.8 Å². The van der Waals surface area contributed by atoms with E-state index in [4.69, 9.17) is 115 Å². The summed E-state index contributed by atoms with van der Waals surface area (Å²) < 4.78 is 9.54. The van der Waals surface area contributed by atoms with E-state index in [2.05, 4.69) is 12.1 Å². The summed E-state index contributed by atoms with van der Waals surface area (Å²) in [4.78, 5) is 104. The number of hydrogen-bond acceptors (Lipinski definition) is 40. The molecule has 8 heterocycles. The van der Waals surface area contributed by atoms with Crippen LogP contribution in [0.3, 0.4) is 0 Å². The van der Waals surface area contributed by atoms with Gasteiger partial charge < -0.3 is 53.4 Å². The summed E-state index contributed by atoms with van der Waals surface area (Å²) in [6.07, 6.45) is 7.87. The first-order chi connectivity index (χ1) is 71.3. The number of nitrogens with zero attached hydrogens (tertiary/aromatic N) is 32. The lowest BCUT2D eigenvalue weighted by atomic mass is 10.0. The number of hydrogen-bond donors (Lipinski definition) is 0. The van der Waals surface area contributed by atoms with Crippen LogP contribution in [0.4, 0.5) is 4.79 Å². The average Bonchev–Trinajstić information content (AvgIpc) is 1.93. The number of rotatable bonds is 20. The zero-order valence-corrected chi connectivity index (χ0v) is 86.4. The maximum atomic E-state index is 11.6. The Kier molecular flexibility index (Phi) is 54.5. The zero-order valence-electron chi connectivity index (χ0n) is 86.4. The Hall–Kier alpha value is -21.0. The summed E-state index contributed by atoms with van der Waals surface area (Å²) in [7, 11) is 0. The molecule has 8 aliphatic heterocycles. The fraction of sp³-hybridized carbons (Fsp3) is 0.407. The van der Waals surface area contributed by atoms with Crippen molar-refractivity contribution in [3.8, 4) is 146 Å². The molecule has 0 aromatic carbocycles. The van der Waals surface area contributed by atoms with Crippen molar-refractivity contribution in [1.82, 2.24) is 39.2 Å². The van der Waals surface area contributed by atoms with Gasteiger partial charge in [0.05, 0.1) is 69.8 Å². The highest BCUT2D eigenvalue weighted by Gasteiger charge is 2.35. The van der Waals surface area contributed by atoms with Gasteiger partial charge in [0.25, 0.3) is 0 Å². The van der Waals surface area contributed by atoms with Gasteiger partial charge in [0, 0.05) is 123 Å². The number of nitriles is 24. The molecule has 8 fully saturated rings. The van der Waals surface area contributed by atoms with Crippen LogP contribution in [0.1, 0.15) is 182 Å². The number of carbonyl (C=O) groups excluding carboxylic acids is 8. The van der Waals surface area contributed by atoms with Crippen LogP contribution in [0.5, 0.6) is 0 Å². The number of carbonyl (C=O) groups is 8. The number of likely N-dealkylation sites (tertiary alicyclic amines) is 6. The molecule has 8 rings (SSSR count). The molecule has 8 saturated heterocycles. The molecule has 8 aliphatic rings. The Morgan fingerprint density at radius 3 is 0.887 bits per heavy atom. The van der Waals surface area contributed by atoms with Gasteiger partial charge in [-0.2, -0.15) is 126 Å². The molecule has 0 aliphatic carbocycles. The molecule has 0 radical (unpaired) electrons. The maximum absolute atomic E-state index is 11.6. The summed E-state index contributed by atoms with van der Waals surface area (Å²) in [5.41, 5.74) is 9.04. The van der Waals surface area contributed by atoms with Gasteiger partial charge in [0.1, 0.15) is 222 Å². The zero-order chi connectivity index (χ0) is 114. The molecule has 0 N–H and O–H groups in total. The van der Waals surface area contributed by atoms with Crippen molar-refractivity contribution >= 4 is 47.9 Å². The van der Waals surface area contributed by atoms with Crippen LogP contribution in [-0.2, 0) is 43.0 Å². The lowest BCUT2D eigenvalue weighted by Gasteiger charge is -2.26. The molecule has 4 unspecified atom stereocenters. The molecule has 756 valence electrons. The normalized spacial score (nSPS) is 16.9. The molecule has 0 aromatic heterocycles. The van der Waals surface area contributed by atoms with E-state index in [0.717, 1.165) is 63.2 Å². The largest absolute Gasteiger partial charge is 0.447 e. The number of aldehydes is 2. The van der Waals surface area contributed by atoms with Gasteiger partial charge in [-0.3, -0.25) is 28.9 Å². The van der Waals surface area contributed by atoms with Gasteiger partial charge in [0.15, 0.2) is 18.3 Å². The molecular weight excluding hydrogens is 1910 g/mol. The van der Waals surface area contributed by atoms with E-state index in [1.807, 2.05) is 56.0 Å². The molecular formula is C108H104N32O10. The minimum Gasteiger partial charge on any atom is -0.447 e. The topological polar surface area (TPSA) is 752 Å². The van der Waals surface area contributed by atoms with Crippen LogP contribution in [-0.4, -0.2) is 185 Å². The maximum Gasteiger partial charge on any atom is 0.414 e. The average molecular weight is 2010 g/mol. The van der Waals surface area contributed by atoms with E-state index in [1.54, 1.807) is 218 Å². The number of amides is 2. The van der Waals surface area contributed by atoms with E-state index in [0.29, 0.717) is 185 Å². The Balaban J connectivity index is 0.000000857. The number of cyclic esters (lactones) is 2. The summed E-state index contributed by atoms with van der Waals surface area (Å²) in [5, 5.41) is 215. The number of ether oxygens (including phenoxy) is 2. The third-order valence-corrected chi connectivity index (χ3v) is 25.1. The predicted octanol–water partition coefficient (Wildman–Crippen LogP) is 13.5. The van der Waals surface area contributed by atoms with Crippen molar-refractivity contribution in [2.45, 2.75) is 194 Å². The molecule has 150 heavy (non-hydrogen) atoms. The highest BCUT2D eigenvalue weighted by molar-refractivity contribution is 5.84. The minimum absolute atomic E-state index is 0.000539. The van der Waals surface area contributed by atoms with Gasteiger partial charge in [-0.05, 0) is 214 Å². The van der Waals surface area contributed by atoms with Gasteiger partial charge >= 0.3 is 12.1 Å². The predicted molar refractivity (Wildman–Crippen MR) is 528 cm³/mol. The van der Waals surface area contributed by atoms with E-state index >= 15 is 0 Å². The first-order valence-corrected chi connectivity index (χ1v) is 45.7. The standard InChI is InChI=1S/2C15H16N4O.2C14H14N4O.2C13H12N4O.2C12H10N4O2/c1-10(14(6-16)7-17)15(8-18)11(2)19-5-4-13(9-19)12(3)20;1-10(13(7-16)8-17)14(9-18)11(2)19-6-4-5-15(19)12(3)20;1-10(13(5-15)6-16)14(7-17)11(2)18-4-3-12(8-18)9-19;1-10(12(6-15)7-16)14(8-17)11(2)18-5-3-4-13(18)9-19;1-9(11(5-14)6-15)13(7-16)10(2)17-4-3-12(18)8-17;1-9(11(6-14)7-15)12(8-16)10(2)17-5-3-4-13(17)18;1-8(10(3-13)4-14)11(5-15)9(2)16-6-12(17)18-7-16;1-8(10(5-13)6-14)11(7-15)9(2)16-3-4-18-12(16)17/h13H,4-5,9H2,1-3H3;15H,4-6H2,1-3H3;9,12H,3-4,8H2,1-2H3;9,13H,3-5H2,1-2H3;3-4,8H2,1-2H3;3-5H2,1-2H3;6-7H2,1-2H3;3-4H2,1-2H3/b15-11+;3*14-11+;13-10+;12-10+;2*11-9+. The van der Waals surface area contributed by atoms with Crippen LogP contribution >= 0.6 is 0 Å². The van der Waals surface area contributed by atoms with E-state index in [-0.39, 0.29) is 140 Å². The monoisotopic (exact) mass is 2010 g/mol.